The van der Waals surface area contributed by atoms with Gasteiger partial charge in [0.15, 0.2) is 0 Å². The number of amides is 1. The number of aromatic nitrogens is 2. The molecule has 0 N–H and O–H groups in total. The first-order valence-corrected chi connectivity index (χ1v) is 9.22. The molecule has 0 fully saturated rings. The number of anilines is 1. The quantitative estimate of drug-likeness (QED) is 0.666. The lowest BCUT2D eigenvalue weighted by Crippen LogP contribution is -2.37. The van der Waals surface area contributed by atoms with Gasteiger partial charge in [0.25, 0.3) is 5.56 Å². The van der Waals surface area contributed by atoms with Gasteiger partial charge in [-0.25, -0.2) is 4.98 Å². The van der Waals surface area contributed by atoms with Crippen LogP contribution in [0.4, 0.5) is 5.69 Å². The van der Waals surface area contributed by atoms with Gasteiger partial charge in [0, 0.05) is 10.6 Å². The predicted molar refractivity (Wildman–Crippen MR) is 100 cm³/mol. The number of fused-ring (bicyclic) bond motifs is 3. The van der Waals surface area contributed by atoms with E-state index in [0.717, 1.165) is 29.7 Å². The minimum absolute atomic E-state index is 0.0683. The monoisotopic (exact) mass is 364 g/mol. The molecule has 0 bridgehead atoms. The lowest BCUT2D eigenvalue weighted by molar-refractivity contribution is -0.119. The third-order valence-electron chi connectivity index (χ3n) is 4.60. The zero-order valence-corrected chi connectivity index (χ0v) is 14.8. The molecule has 26 heavy (non-hydrogen) atoms. The summed E-state index contributed by atoms with van der Waals surface area (Å²) in [7, 11) is 0. The molecular formula is C19H16N4O2S. The number of rotatable bonds is 4. The average Bonchev–Trinajstić information content (AvgIpc) is 3.23. The number of nitriles is 1. The maximum Gasteiger partial charge on any atom is 0.262 e. The summed E-state index contributed by atoms with van der Waals surface area (Å²) in [4.78, 5) is 33.4. The number of carbonyl (C=O) groups excluding carboxylic acids is 1. The van der Waals surface area contributed by atoms with E-state index in [0.29, 0.717) is 11.1 Å². The van der Waals surface area contributed by atoms with E-state index in [-0.39, 0.29) is 24.6 Å². The average molecular weight is 364 g/mol. The van der Waals surface area contributed by atoms with Gasteiger partial charge in [-0.1, -0.05) is 18.2 Å². The summed E-state index contributed by atoms with van der Waals surface area (Å²) in [6.45, 7) is -0.204. The highest BCUT2D eigenvalue weighted by molar-refractivity contribution is 7.18. The second kappa shape index (κ2) is 6.73. The maximum absolute atomic E-state index is 12.9. The molecule has 0 saturated heterocycles. The molecule has 3 aromatic rings. The van der Waals surface area contributed by atoms with E-state index in [1.165, 1.54) is 20.7 Å². The highest BCUT2D eigenvalue weighted by Crippen LogP contribution is 2.34. The molecule has 1 aliphatic rings. The fourth-order valence-corrected chi connectivity index (χ4v) is 4.58. The van der Waals surface area contributed by atoms with Crippen molar-refractivity contribution in [1.29, 1.82) is 5.26 Å². The Morgan fingerprint density at radius 3 is 2.88 bits per heavy atom. The standard InChI is InChI=1S/C19H16N4O2S/c20-9-10-23(13-5-2-1-3-6-13)16(24)11-22-12-21-18-17(19(22)25)14-7-4-8-15(14)26-18/h1-3,5-6,12H,4,7-8,10-11H2. The summed E-state index contributed by atoms with van der Waals surface area (Å²) >= 11 is 1.58. The van der Waals surface area contributed by atoms with E-state index >= 15 is 0 Å². The van der Waals surface area contributed by atoms with Crippen LogP contribution in [0.5, 0.6) is 0 Å². The van der Waals surface area contributed by atoms with E-state index in [1.807, 2.05) is 12.1 Å². The Morgan fingerprint density at radius 2 is 2.12 bits per heavy atom. The van der Waals surface area contributed by atoms with Crippen LogP contribution in [0.25, 0.3) is 10.2 Å². The smallest absolute Gasteiger partial charge is 0.262 e. The van der Waals surface area contributed by atoms with Crippen molar-refractivity contribution in [3.63, 3.8) is 0 Å². The Balaban J connectivity index is 1.68. The van der Waals surface area contributed by atoms with E-state index in [9.17, 15) is 9.59 Å². The zero-order valence-electron chi connectivity index (χ0n) is 14.0. The molecule has 6 nitrogen and oxygen atoms in total. The number of hydrogen-bond acceptors (Lipinski definition) is 5. The lowest BCUT2D eigenvalue weighted by Gasteiger charge is -2.20. The summed E-state index contributed by atoms with van der Waals surface area (Å²) in [5.41, 5.74) is 1.56. The summed E-state index contributed by atoms with van der Waals surface area (Å²) in [5.74, 6) is -0.312. The van der Waals surface area contributed by atoms with Crippen LogP contribution < -0.4 is 10.5 Å². The van der Waals surface area contributed by atoms with Gasteiger partial charge in [-0.05, 0) is 37.0 Å². The van der Waals surface area contributed by atoms with Crippen molar-refractivity contribution in [2.24, 2.45) is 0 Å². The molecule has 0 spiro atoms. The molecule has 0 unspecified atom stereocenters. The Labute approximate surface area is 153 Å². The Kier molecular flexibility index (Phi) is 4.27. The van der Waals surface area contributed by atoms with Gasteiger partial charge in [0.05, 0.1) is 17.8 Å². The fourth-order valence-electron chi connectivity index (χ4n) is 3.37. The second-order valence-corrected chi connectivity index (χ2v) is 7.27. The molecule has 7 heteroatoms. The van der Waals surface area contributed by atoms with Crippen LogP contribution in [0.15, 0.2) is 41.5 Å². The first kappa shape index (κ1) is 16.5. The lowest BCUT2D eigenvalue weighted by atomic mass is 10.2. The number of carbonyl (C=O) groups is 1. The number of para-hydroxylation sites is 1. The molecule has 0 saturated carbocycles. The highest BCUT2D eigenvalue weighted by Gasteiger charge is 2.22. The molecular weight excluding hydrogens is 348 g/mol. The third kappa shape index (κ3) is 2.78. The van der Waals surface area contributed by atoms with Gasteiger partial charge in [-0.3, -0.25) is 19.1 Å². The molecule has 1 aromatic carbocycles. The molecule has 0 atom stereocenters. The van der Waals surface area contributed by atoms with Gasteiger partial charge in [-0.15, -0.1) is 11.3 Å². The van der Waals surface area contributed by atoms with Crippen LogP contribution >= 0.6 is 11.3 Å². The van der Waals surface area contributed by atoms with Crippen molar-refractivity contribution < 1.29 is 4.79 Å². The maximum atomic E-state index is 12.9. The van der Waals surface area contributed by atoms with Crippen molar-refractivity contribution in [1.82, 2.24) is 9.55 Å². The van der Waals surface area contributed by atoms with E-state index in [1.54, 1.807) is 35.6 Å². The van der Waals surface area contributed by atoms with Crippen LogP contribution in [0.1, 0.15) is 16.9 Å². The topological polar surface area (TPSA) is 79.0 Å². The predicted octanol–water partition coefficient (Wildman–Crippen LogP) is 2.50. The van der Waals surface area contributed by atoms with Crippen molar-refractivity contribution in [2.45, 2.75) is 25.8 Å². The van der Waals surface area contributed by atoms with Crippen LogP contribution in [0.2, 0.25) is 0 Å². The van der Waals surface area contributed by atoms with Gasteiger partial charge in [-0.2, -0.15) is 5.26 Å². The first-order valence-electron chi connectivity index (χ1n) is 8.41. The van der Waals surface area contributed by atoms with E-state index < -0.39 is 0 Å². The summed E-state index contributed by atoms with van der Waals surface area (Å²) in [5, 5.41) is 9.72. The highest BCUT2D eigenvalue weighted by atomic mass is 32.1. The minimum Gasteiger partial charge on any atom is -0.297 e. The zero-order chi connectivity index (χ0) is 18.1. The van der Waals surface area contributed by atoms with E-state index in [2.05, 4.69) is 4.98 Å². The SMILES string of the molecule is N#CCN(C(=O)Cn1cnc2sc3c(c2c1=O)CCC3)c1ccccc1. The second-order valence-electron chi connectivity index (χ2n) is 6.19. The normalized spacial score (nSPS) is 12.7. The van der Waals surface area contributed by atoms with Gasteiger partial charge in [0.2, 0.25) is 5.91 Å². The largest absolute Gasteiger partial charge is 0.297 e. The van der Waals surface area contributed by atoms with Crippen LogP contribution in [-0.2, 0) is 24.2 Å². The number of hydrogen-bond donors (Lipinski definition) is 0. The number of aryl methyl sites for hydroxylation is 2. The summed E-state index contributed by atoms with van der Waals surface area (Å²) in [6.07, 6.45) is 4.39. The molecule has 0 aliphatic heterocycles. The Hall–Kier alpha value is -2.98. The summed E-state index contributed by atoms with van der Waals surface area (Å²) < 4.78 is 1.35. The Bertz CT molecular complexity index is 1080. The minimum atomic E-state index is -0.312. The molecule has 4 rings (SSSR count). The number of thiophene rings is 1. The van der Waals surface area contributed by atoms with Gasteiger partial charge in [0.1, 0.15) is 17.9 Å². The van der Waals surface area contributed by atoms with Crippen molar-refractivity contribution >= 4 is 33.1 Å². The number of nitrogens with zero attached hydrogens (tertiary/aromatic N) is 4. The third-order valence-corrected chi connectivity index (χ3v) is 5.79. The molecule has 1 amide bonds. The van der Waals surface area contributed by atoms with Crippen LogP contribution in [0.3, 0.4) is 0 Å². The fraction of sp³-hybridized carbons (Fsp3) is 0.263. The van der Waals surface area contributed by atoms with Crippen molar-refractivity contribution in [2.75, 3.05) is 11.4 Å². The van der Waals surface area contributed by atoms with Gasteiger partial charge >= 0.3 is 0 Å². The van der Waals surface area contributed by atoms with Crippen molar-refractivity contribution in [3.8, 4) is 6.07 Å². The molecule has 1 aliphatic carbocycles. The van der Waals surface area contributed by atoms with Gasteiger partial charge < -0.3 is 0 Å². The molecule has 2 heterocycles. The number of benzene rings is 1. The van der Waals surface area contributed by atoms with Crippen LogP contribution in [-0.4, -0.2) is 22.0 Å². The molecule has 2 aromatic heterocycles. The van der Waals surface area contributed by atoms with Crippen molar-refractivity contribution in [3.05, 3.63) is 57.5 Å². The molecule has 130 valence electrons. The summed E-state index contributed by atoms with van der Waals surface area (Å²) in [6, 6.07) is 11.0. The Morgan fingerprint density at radius 1 is 1.31 bits per heavy atom. The first-order chi connectivity index (χ1) is 12.7. The molecule has 0 radical (unpaired) electrons. The van der Waals surface area contributed by atoms with E-state index in [4.69, 9.17) is 5.26 Å². The van der Waals surface area contributed by atoms with Crippen LogP contribution in [0, 0.1) is 11.3 Å².